The third kappa shape index (κ3) is 4.55. The molecule has 4 nitrogen and oxygen atoms in total. The summed E-state index contributed by atoms with van der Waals surface area (Å²) < 4.78 is 0. The highest BCUT2D eigenvalue weighted by atomic mass is 16.3. The van der Waals surface area contributed by atoms with Crippen molar-refractivity contribution in [3.05, 3.63) is 35.9 Å². The van der Waals surface area contributed by atoms with E-state index in [1.54, 1.807) is 0 Å². The van der Waals surface area contributed by atoms with E-state index in [1.807, 2.05) is 30.0 Å². The highest BCUT2D eigenvalue weighted by Gasteiger charge is 2.36. The van der Waals surface area contributed by atoms with Gasteiger partial charge in [-0.15, -0.1) is 0 Å². The van der Waals surface area contributed by atoms with Gasteiger partial charge in [0, 0.05) is 6.54 Å². The molecule has 1 aliphatic rings. The number of nitrogens with one attached hydrogen (secondary N) is 1. The van der Waals surface area contributed by atoms with E-state index in [0.29, 0.717) is 19.5 Å². The van der Waals surface area contributed by atoms with Crippen LogP contribution in [0.5, 0.6) is 0 Å². The zero-order valence-corrected chi connectivity index (χ0v) is 14.4. The van der Waals surface area contributed by atoms with Gasteiger partial charge in [-0.3, -0.25) is 4.79 Å². The third-order valence-electron chi connectivity index (χ3n) is 4.72. The van der Waals surface area contributed by atoms with Crippen LogP contribution in [0.4, 0.5) is 0 Å². The van der Waals surface area contributed by atoms with Crippen LogP contribution in [0.1, 0.15) is 57.6 Å². The van der Waals surface area contributed by atoms with Gasteiger partial charge >= 0.3 is 0 Å². The molecule has 0 bridgehead atoms. The monoisotopic (exact) mass is 318 g/mol. The molecule has 0 aromatic heterocycles. The number of likely N-dealkylation sites (N-methyl/N-ethyl adjacent to an activating group) is 1. The van der Waals surface area contributed by atoms with E-state index in [4.69, 9.17) is 0 Å². The van der Waals surface area contributed by atoms with Crippen LogP contribution in [0.25, 0.3) is 0 Å². The SMILES string of the molecule is CCCCCC(c1ccccc1)N(CC)C(=O)[C@H]1NCCC1O. The molecule has 1 heterocycles. The van der Waals surface area contributed by atoms with Gasteiger partial charge in [0.25, 0.3) is 0 Å². The average molecular weight is 318 g/mol. The molecule has 0 saturated carbocycles. The standard InChI is InChI=1S/C19H30N2O2/c1-3-5-7-12-16(15-10-8-6-9-11-15)21(4-2)19(23)18-17(22)13-14-20-18/h6,8-11,16-18,20,22H,3-5,7,12-14H2,1-2H3/t16?,17?,18-/m0/s1. The quantitative estimate of drug-likeness (QED) is 0.725. The van der Waals surface area contributed by atoms with E-state index in [0.717, 1.165) is 12.8 Å². The molecule has 3 atom stereocenters. The lowest BCUT2D eigenvalue weighted by Gasteiger charge is -2.34. The first-order valence-electron chi connectivity index (χ1n) is 8.95. The fourth-order valence-electron chi connectivity index (χ4n) is 3.42. The van der Waals surface area contributed by atoms with E-state index in [9.17, 15) is 9.90 Å². The van der Waals surface area contributed by atoms with Crippen molar-refractivity contribution >= 4 is 5.91 Å². The Balaban J connectivity index is 2.18. The molecule has 2 N–H and O–H groups in total. The van der Waals surface area contributed by atoms with Gasteiger partial charge < -0.3 is 15.3 Å². The summed E-state index contributed by atoms with van der Waals surface area (Å²) in [7, 11) is 0. The molecule has 1 aromatic carbocycles. The number of benzene rings is 1. The van der Waals surface area contributed by atoms with Crippen LogP contribution < -0.4 is 5.32 Å². The molecule has 0 aliphatic carbocycles. The first-order valence-corrected chi connectivity index (χ1v) is 8.95. The maximum atomic E-state index is 12.9. The summed E-state index contributed by atoms with van der Waals surface area (Å²) in [6.07, 6.45) is 4.52. The fourth-order valence-corrected chi connectivity index (χ4v) is 3.42. The molecule has 128 valence electrons. The second kappa shape index (κ2) is 9.04. The minimum Gasteiger partial charge on any atom is -0.391 e. The predicted octanol–water partition coefficient (Wildman–Crippen LogP) is 2.88. The lowest BCUT2D eigenvalue weighted by molar-refractivity contribution is -0.137. The fraction of sp³-hybridized carbons (Fsp3) is 0.632. The Bertz CT molecular complexity index is 478. The van der Waals surface area contributed by atoms with Crippen LogP contribution in [-0.4, -0.2) is 41.1 Å². The van der Waals surface area contributed by atoms with Gasteiger partial charge in [0.1, 0.15) is 6.04 Å². The number of hydrogen-bond donors (Lipinski definition) is 2. The molecular weight excluding hydrogens is 288 g/mol. The van der Waals surface area contributed by atoms with E-state index in [2.05, 4.69) is 24.4 Å². The largest absolute Gasteiger partial charge is 0.391 e. The van der Waals surface area contributed by atoms with E-state index < -0.39 is 12.1 Å². The summed E-state index contributed by atoms with van der Waals surface area (Å²) in [6.45, 7) is 5.59. The summed E-state index contributed by atoms with van der Waals surface area (Å²) in [5, 5.41) is 13.2. The van der Waals surface area contributed by atoms with Gasteiger partial charge in [0.05, 0.1) is 12.1 Å². The number of carbonyl (C=O) groups is 1. The maximum absolute atomic E-state index is 12.9. The van der Waals surface area contributed by atoms with Crippen molar-refractivity contribution < 1.29 is 9.90 Å². The van der Waals surface area contributed by atoms with Crippen LogP contribution >= 0.6 is 0 Å². The summed E-state index contributed by atoms with van der Waals surface area (Å²) >= 11 is 0. The minimum atomic E-state index is -0.566. The first kappa shape index (κ1) is 18.0. The number of aliphatic hydroxyl groups is 1. The topological polar surface area (TPSA) is 52.6 Å². The molecule has 0 radical (unpaired) electrons. The number of rotatable bonds is 8. The predicted molar refractivity (Wildman–Crippen MR) is 93.1 cm³/mol. The number of hydrogen-bond acceptors (Lipinski definition) is 3. The highest BCUT2D eigenvalue weighted by Crippen LogP contribution is 2.28. The van der Waals surface area contributed by atoms with Crippen molar-refractivity contribution in [1.29, 1.82) is 0 Å². The smallest absolute Gasteiger partial charge is 0.242 e. The molecule has 2 rings (SSSR count). The maximum Gasteiger partial charge on any atom is 0.242 e. The normalized spacial score (nSPS) is 22.0. The molecule has 4 heteroatoms. The average Bonchev–Trinajstić information content (AvgIpc) is 3.01. The lowest BCUT2D eigenvalue weighted by atomic mass is 9.97. The number of carbonyl (C=O) groups excluding carboxylic acids is 1. The Hall–Kier alpha value is -1.39. The highest BCUT2D eigenvalue weighted by molar-refractivity contribution is 5.83. The van der Waals surface area contributed by atoms with Crippen molar-refractivity contribution in [1.82, 2.24) is 10.2 Å². The van der Waals surface area contributed by atoms with Crippen LogP contribution in [0, 0.1) is 0 Å². The van der Waals surface area contributed by atoms with Crippen LogP contribution in [0.3, 0.4) is 0 Å². The molecule has 1 amide bonds. The first-order chi connectivity index (χ1) is 11.2. The molecule has 0 spiro atoms. The van der Waals surface area contributed by atoms with Gasteiger partial charge in [-0.1, -0.05) is 56.5 Å². The Morgan fingerprint density at radius 2 is 2.04 bits per heavy atom. The Labute approximate surface area is 139 Å². The summed E-state index contributed by atoms with van der Waals surface area (Å²) in [4.78, 5) is 14.9. The van der Waals surface area contributed by atoms with Crippen molar-refractivity contribution in [3.63, 3.8) is 0 Å². The van der Waals surface area contributed by atoms with Gasteiger partial charge in [-0.25, -0.2) is 0 Å². The lowest BCUT2D eigenvalue weighted by Crippen LogP contribution is -2.49. The van der Waals surface area contributed by atoms with Crippen LogP contribution in [-0.2, 0) is 4.79 Å². The van der Waals surface area contributed by atoms with Crippen LogP contribution in [0.2, 0.25) is 0 Å². The Morgan fingerprint density at radius 3 is 2.61 bits per heavy atom. The summed E-state index contributed by atoms with van der Waals surface area (Å²) in [6, 6.07) is 9.91. The number of amides is 1. The van der Waals surface area contributed by atoms with Crippen LogP contribution in [0.15, 0.2) is 30.3 Å². The molecule has 1 aliphatic heterocycles. The van der Waals surface area contributed by atoms with Gasteiger partial charge in [-0.2, -0.15) is 0 Å². The molecular formula is C19H30N2O2. The third-order valence-corrected chi connectivity index (χ3v) is 4.72. The van der Waals surface area contributed by atoms with Gasteiger partial charge in [-0.05, 0) is 31.9 Å². The van der Waals surface area contributed by atoms with Crippen molar-refractivity contribution in [2.24, 2.45) is 0 Å². The zero-order valence-electron chi connectivity index (χ0n) is 14.4. The van der Waals surface area contributed by atoms with Gasteiger partial charge in [0.2, 0.25) is 5.91 Å². The molecule has 1 saturated heterocycles. The Morgan fingerprint density at radius 1 is 1.30 bits per heavy atom. The minimum absolute atomic E-state index is 0.0304. The second-order valence-electron chi connectivity index (χ2n) is 6.33. The molecule has 1 fully saturated rings. The summed E-state index contributed by atoms with van der Waals surface area (Å²) in [5.74, 6) is 0.0304. The number of unbranched alkanes of at least 4 members (excludes halogenated alkanes) is 2. The van der Waals surface area contributed by atoms with Gasteiger partial charge in [0.15, 0.2) is 0 Å². The summed E-state index contributed by atoms with van der Waals surface area (Å²) in [5.41, 5.74) is 1.19. The zero-order chi connectivity index (χ0) is 16.7. The van der Waals surface area contributed by atoms with Crippen molar-refractivity contribution in [2.45, 2.75) is 64.1 Å². The van der Waals surface area contributed by atoms with E-state index in [-0.39, 0.29) is 11.9 Å². The molecule has 2 unspecified atom stereocenters. The number of aliphatic hydroxyl groups excluding tert-OH is 1. The number of nitrogens with zero attached hydrogens (tertiary/aromatic N) is 1. The van der Waals surface area contributed by atoms with E-state index >= 15 is 0 Å². The van der Waals surface area contributed by atoms with Crippen molar-refractivity contribution in [3.8, 4) is 0 Å². The Kier molecular flexibility index (Phi) is 7.06. The molecule has 1 aromatic rings. The van der Waals surface area contributed by atoms with Crippen molar-refractivity contribution in [2.75, 3.05) is 13.1 Å². The molecule has 23 heavy (non-hydrogen) atoms. The second-order valence-corrected chi connectivity index (χ2v) is 6.33. The van der Waals surface area contributed by atoms with E-state index in [1.165, 1.54) is 18.4 Å².